The SMILES string of the molecule is CNC1(C)CCN(CC(=O)OC(C)(C)C)CC1. The van der Waals surface area contributed by atoms with E-state index in [9.17, 15) is 4.79 Å². The molecular formula is C13H26N2O2. The summed E-state index contributed by atoms with van der Waals surface area (Å²) in [6.45, 7) is 10.3. The van der Waals surface area contributed by atoms with Crippen LogP contribution < -0.4 is 5.32 Å². The van der Waals surface area contributed by atoms with Gasteiger partial charge >= 0.3 is 5.97 Å². The molecule has 0 aliphatic carbocycles. The molecule has 0 bridgehead atoms. The average molecular weight is 242 g/mol. The van der Waals surface area contributed by atoms with Crippen molar-refractivity contribution in [3.8, 4) is 0 Å². The molecule has 1 N–H and O–H groups in total. The maximum absolute atomic E-state index is 11.7. The van der Waals surface area contributed by atoms with Crippen LogP contribution in [0, 0.1) is 0 Å². The second kappa shape index (κ2) is 5.36. The number of likely N-dealkylation sites (tertiary alicyclic amines) is 1. The zero-order valence-electron chi connectivity index (χ0n) is 11.8. The van der Waals surface area contributed by atoms with E-state index >= 15 is 0 Å². The van der Waals surface area contributed by atoms with Gasteiger partial charge in [0.05, 0.1) is 6.54 Å². The van der Waals surface area contributed by atoms with Gasteiger partial charge in [0, 0.05) is 18.6 Å². The van der Waals surface area contributed by atoms with Crippen molar-refractivity contribution < 1.29 is 9.53 Å². The molecule has 0 aromatic heterocycles. The minimum atomic E-state index is -0.383. The fourth-order valence-electron chi connectivity index (χ4n) is 2.01. The molecule has 0 spiro atoms. The average Bonchev–Trinajstić information content (AvgIpc) is 2.19. The molecule has 4 heteroatoms. The van der Waals surface area contributed by atoms with E-state index in [0.717, 1.165) is 25.9 Å². The molecule has 1 fully saturated rings. The first-order valence-corrected chi connectivity index (χ1v) is 6.37. The van der Waals surface area contributed by atoms with Crippen LogP contribution in [-0.4, -0.2) is 48.7 Å². The van der Waals surface area contributed by atoms with Crippen molar-refractivity contribution in [3.05, 3.63) is 0 Å². The van der Waals surface area contributed by atoms with Gasteiger partial charge in [-0.2, -0.15) is 0 Å². The predicted molar refractivity (Wildman–Crippen MR) is 69.0 cm³/mol. The maximum atomic E-state index is 11.7. The highest BCUT2D eigenvalue weighted by Gasteiger charge is 2.29. The highest BCUT2D eigenvalue weighted by molar-refractivity contribution is 5.72. The second-order valence-electron chi connectivity index (χ2n) is 6.17. The first-order chi connectivity index (χ1) is 7.74. The Morgan fingerprint density at radius 3 is 2.29 bits per heavy atom. The van der Waals surface area contributed by atoms with E-state index in [1.165, 1.54) is 0 Å². The smallest absolute Gasteiger partial charge is 0.320 e. The van der Waals surface area contributed by atoms with Gasteiger partial charge in [-0.3, -0.25) is 9.69 Å². The lowest BCUT2D eigenvalue weighted by atomic mass is 9.90. The molecule has 0 atom stereocenters. The van der Waals surface area contributed by atoms with Crippen molar-refractivity contribution in [2.75, 3.05) is 26.7 Å². The van der Waals surface area contributed by atoms with Gasteiger partial charge in [-0.15, -0.1) is 0 Å². The number of ether oxygens (including phenoxy) is 1. The van der Waals surface area contributed by atoms with Crippen molar-refractivity contribution in [2.24, 2.45) is 0 Å². The molecule has 17 heavy (non-hydrogen) atoms. The Bertz CT molecular complexity index is 263. The first kappa shape index (κ1) is 14.5. The largest absolute Gasteiger partial charge is 0.459 e. The van der Waals surface area contributed by atoms with Gasteiger partial charge in [-0.05, 0) is 47.6 Å². The standard InChI is InChI=1S/C13H26N2O2/c1-12(2,3)17-11(16)10-15-8-6-13(4,14-5)7-9-15/h14H,6-10H2,1-5H3. The summed E-state index contributed by atoms with van der Waals surface area (Å²) >= 11 is 0. The van der Waals surface area contributed by atoms with Crippen LogP contribution in [0.25, 0.3) is 0 Å². The van der Waals surface area contributed by atoms with Crippen LogP contribution in [0.3, 0.4) is 0 Å². The summed E-state index contributed by atoms with van der Waals surface area (Å²) in [7, 11) is 2.00. The molecule has 1 saturated heterocycles. The number of nitrogens with zero attached hydrogens (tertiary/aromatic N) is 1. The fraction of sp³-hybridized carbons (Fsp3) is 0.923. The predicted octanol–water partition coefficient (Wildman–Crippen LogP) is 1.40. The monoisotopic (exact) mass is 242 g/mol. The van der Waals surface area contributed by atoms with E-state index in [1.54, 1.807) is 0 Å². The van der Waals surface area contributed by atoms with Crippen molar-refractivity contribution in [2.45, 2.75) is 51.7 Å². The Balaban J connectivity index is 2.34. The number of nitrogens with one attached hydrogen (secondary N) is 1. The van der Waals surface area contributed by atoms with Crippen molar-refractivity contribution in [1.82, 2.24) is 10.2 Å². The highest BCUT2D eigenvalue weighted by Crippen LogP contribution is 2.21. The number of rotatable bonds is 3. The Labute approximate surface area is 105 Å². The van der Waals surface area contributed by atoms with Crippen LogP contribution in [0.4, 0.5) is 0 Å². The van der Waals surface area contributed by atoms with Gasteiger partial charge in [-0.1, -0.05) is 0 Å². The summed E-state index contributed by atoms with van der Waals surface area (Å²) in [4.78, 5) is 13.9. The van der Waals surface area contributed by atoms with Crippen LogP contribution in [-0.2, 0) is 9.53 Å². The van der Waals surface area contributed by atoms with Gasteiger partial charge in [0.25, 0.3) is 0 Å². The van der Waals surface area contributed by atoms with Crippen LogP contribution in [0.1, 0.15) is 40.5 Å². The van der Waals surface area contributed by atoms with E-state index in [0.29, 0.717) is 6.54 Å². The lowest BCUT2D eigenvalue weighted by Crippen LogP contribution is -2.51. The Hall–Kier alpha value is -0.610. The Kier molecular flexibility index (Phi) is 4.55. The molecule has 0 aromatic carbocycles. The molecule has 4 nitrogen and oxygen atoms in total. The lowest BCUT2D eigenvalue weighted by molar-refractivity contribution is -0.156. The van der Waals surface area contributed by atoms with Crippen LogP contribution in [0.5, 0.6) is 0 Å². The van der Waals surface area contributed by atoms with E-state index in [1.807, 2.05) is 27.8 Å². The Morgan fingerprint density at radius 1 is 1.35 bits per heavy atom. The van der Waals surface area contributed by atoms with Crippen LogP contribution >= 0.6 is 0 Å². The maximum Gasteiger partial charge on any atom is 0.320 e. The summed E-state index contributed by atoms with van der Waals surface area (Å²) in [5.41, 5.74) is -0.156. The van der Waals surface area contributed by atoms with E-state index in [-0.39, 0.29) is 17.1 Å². The molecule has 0 amide bonds. The molecule has 1 heterocycles. The lowest BCUT2D eigenvalue weighted by Gasteiger charge is -2.39. The minimum Gasteiger partial charge on any atom is -0.459 e. The van der Waals surface area contributed by atoms with Gasteiger partial charge in [0.1, 0.15) is 5.60 Å². The number of carbonyl (C=O) groups is 1. The fourth-order valence-corrected chi connectivity index (χ4v) is 2.01. The summed E-state index contributed by atoms with van der Waals surface area (Å²) in [5.74, 6) is -0.120. The van der Waals surface area contributed by atoms with Gasteiger partial charge in [0.2, 0.25) is 0 Å². The second-order valence-corrected chi connectivity index (χ2v) is 6.17. The van der Waals surface area contributed by atoms with E-state index in [2.05, 4.69) is 17.1 Å². The van der Waals surface area contributed by atoms with Crippen molar-refractivity contribution in [1.29, 1.82) is 0 Å². The quantitative estimate of drug-likeness (QED) is 0.760. The first-order valence-electron chi connectivity index (χ1n) is 6.37. The molecule has 1 rings (SSSR count). The summed E-state index contributed by atoms with van der Waals surface area (Å²) in [6, 6.07) is 0. The highest BCUT2D eigenvalue weighted by atomic mass is 16.6. The molecule has 1 aliphatic heterocycles. The zero-order valence-corrected chi connectivity index (χ0v) is 11.8. The molecular weight excluding hydrogens is 216 g/mol. The third-order valence-electron chi connectivity index (χ3n) is 3.34. The summed E-state index contributed by atoms with van der Waals surface area (Å²) in [5, 5.41) is 3.35. The van der Waals surface area contributed by atoms with Gasteiger partial charge in [-0.25, -0.2) is 0 Å². The molecule has 1 aliphatic rings. The minimum absolute atomic E-state index is 0.120. The van der Waals surface area contributed by atoms with Gasteiger partial charge < -0.3 is 10.1 Å². The summed E-state index contributed by atoms with van der Waals surface area (Å²) < 4.78 is 5.32. The van der Waals surface area contributed by atoms with E-state index < -0.39 is 0 Å². The number of hydrogen-bond acceptors (Lipinski definition) is 4. The molecule has 0 saturated carbocycles. The topological polar surface area (TPSA) is 41.6 Å². The van der Waals surface area contributed by atoms with Gasteiger partial charge in [0.15, 0.2) is 0 Å². The molecule has 100 valence electrons. The van der Waals surface area contributed by atoms with Crippen LogP contribution in [0.2, 0.25) is 0 Å². The Morgan fingerprint density at radius 2 is 1.88 bits per heavy atom. The normalized spacial score (nSPS) is 21.2. The zero-order chi connectivity index (χ0) is 13.1. The number of esters is 1. The van der Waals surface area contributed by atoms with E-state index in [4.69, 9.17) is 4.74 Å². The third kappa shape index (κ3) is 5.04. The molecule has 0 aromatic rings. The molecule has 0 radical (unpaired) electrons. The van der Waals surface area contributed by atoms with Crippen LogP contribution in [0.15, 0.2) is 0 Å². The number of hydrogen-bond donors (Lipinski definition) is 1. The number of carbonyl (C=O) groups excluding carboxylic acids is 1. The molecule has 0 unspecified atom stereocenters. The van der Waals surface area contributed by atoms with Crippen molar-refractivity contribution >= 4 is 5.97 Å². The van der Waals surface area contributed by atoms with Crippen molar-refractivity contribution in [3.63, 3.8) is 0 Å². The third-order valence-corrected chi connectivity index (χ3v) is 3.34. The summed E-state index contributed by atoms with van der Waals surface area (Å²) in [6.07, 6.45) is 2.15. The number of piperidine rings is 1.